The lowest BCUT2D eigenvalue weighted by atomic mass is 10.5. The third kappa shape index (κ3) is 2.96. The first kappa shape index (κ1) is 12.3. The first-order valence-corrected chi connectivity index (χ1v) is 6.29. The van der Waals surface area contributed by atoms with Gasteiger partial charge in [-0.3, -0.25) is 0 Å². The topological polar surface area (TPSA) is 104 Å². The highest BCUT2D eigenvalue weighted by Gasteiger charge is 2.11. The van der Waals surface area contributed by atoms with E-state index in [9.17, 15) is 0 Å². The van der Waals surface area contributed by atoms with Crippen LogP contribution in [-0.2, 0) is 0 Å². The van der Waals surface area contributed by atoms with E-state index < -0.39 is 0 Å². The number of rotatable bonds is 2. The van der Waals surface area contributed by atoms with Gasteiger partial charge in [-0.2, -0.15) is 0 Å². The summed E-state index contributed by atoms with van der Waals surface area (Å²) < 4.78 is 0.580. The molecule has 2 rings (SSSR count). The van der Waals surface area contributed by atoms with Crippen molar-refractivity contribution in [2.75, 3.05) is 11.5 Å². The minimum Gasteiger partial charge on any atom is -0.383 e. The van der Waals surface area contributed by atoms with Gasteiger partial charge in [0.05, 0.1) is 4.47 Å². The molecule has 0 aromatic carbocycles. The molecule has 0 atom stereocenters. The Morgan fingerprint density at radius 1 is 1.18 bits per heavy atom. The van der Waals surface area contributed by atoms with Gasteiger partial charge in [-0.05, 0) is 27.7 Å². The van der Waals surface area contributed by atoms with E-state index in [-0.39, 0.29) is 0 Å². The molecule has 2 heterocycles. The van der Waals surface area contributed by atoms with Crippen molar-refractivity contribution in [2.24, 2.45) is 0 Å². The van der Waals surface area contributed by atoms with Crippen LogP contribution in [0.15, 0.2) is 27.0 Å². The van der Waals surface area contributed by atoms with Gasteiger partial charge < -0.3 is 11.5 Å². The summed E-state index contributed by atoms with van der Waals surface area (Å²) in [6.07, 6.45) is 1.35. The lowest BCUT2D eigenvalue weighted by molar-refractivity contribution is 0.965. The van der Waals surface area contributed by atoms with Crippen LogP contribution in [0, 0.1) is 0 Å². The smallest absolute Gasteiger partial charge is 0.197 e. The lowest BCUT2D eigenvalue weighted by Crippen LogP contribution is -1.99. The van der Waals surface area contributed by atoms with Crippen LogP contribution in [0.1, 0.15) is 0 Å². The van der Waals surface area contributed by atoms with Crippen molar-refractivity contribution < 1.29 is 0 Å². The van der Waals surface area contributed by atoms with Crippen molar-refractivity contribution in [3.63, 3.8) is 0 Å². The Kier molecular flexibility index (Phi) is 3.65. The number of nitrogens with two attached hydrogens (primary N) is 2. The largest absolute Gasteiger partial charge is 0.383 e. The summed E-state index contributed by atoms with van der Waals surface area (Å²) in [5.74, 6) is 0.604. The molecule has 0 radical (unpaired) electrons. The van der Waals surface area contributed by atoms with Crippen LogP contribution in [0.3, 0.4) is 0 Å². The summed E-state index contributed by atoms with van der Waals surface area (Å²) >= 11 is 10.3. The van der Waals surface area contributed by atoms with Gasteiger partial charge in [0, 0.05) is 6.07 Å². The van der Waals surface area contributed by atoms with E-state index in [1.165, 1.54) is 24.2 Å². The number of hydrogen-bond acceptors (Lipinski definition) is 7. The van der Waals surface area contributed by atoms with Crippen LogP contribution < -0.4 is 11.5 Å². The van der Waals surface area contributed by atoms with Gasteiger partial charge >= 0.3 is 0 Å². The summed E-state index contributed by atoms with van der Waals surface area (Å²) in [6.45, 7) is 0. The molecule has 88 valence electrons. The fourth-order valence-corrected chi connectivity index (χ4v) is 2.40. The third-order valence-electron chi connectivity index (χ3n) is 1.65. The van der Waals surface area contributed by atoms with Crippen LogP contribution >= 0.6 is 39.3 Å². The molecule has 0 amide bonds. The maximum atomic E-state index is 5.84. The molecule has 4 N–H and O–H groups in total. The Balaban J connectivity index is 2.34. The quantitative estimate of drug-likeness (QED) is 0.640. The first-order valence-electron chi connectivity index (χ1n) is 4.30. The van der Waals surface area contributed by atoms with Gasteiger partial charge in [-0.1, -0.05) is 11.6 Å². The van der Waals surface area contributed by atoms with Crippen LogP contribution in [0.2, 0.25) is 5.15 Å². The van der Waals surface area contributed by atoms with Gasteiger partial charge in [-0.15, -0.1) is 0 Å². The minimum atomic E-state index is 0.302. The van der Waals surface area contributed by atoms with Crippen molar-refractivity contribution in [3.8, 4) is 0 Å². The Hall–Kier alpha value is -1.12. The minimum absolute atomic E-state index is 0.302. The maximum absolute atomic E-state index is 5.84. The third-order valence-corrected chi connectivity index (χ3v) is 4.04. The fraction of sp³-hybridized carbons (Fsp3) is 0. The molecule has 0 saturated heterocycles. The summed E-state index contributed by atoms with van der Waals surface area (Å²) in [5, 5.41) is 1.31. The molecule has 17 heavy (non-hydrogen) atoms. The molecule has 0 aliphatic heterocycles. The van der Waals surface area contributed by atoms with Crippen molar-refractivity contribution in [1.82, 2.24) is 19.9 Å². The van der Waals surface area contributed by atoms with E-state index in [4.69, 9.17) is 23.1 Å². The second-order valence-corrected chi connectivity index (χ2v) is 4.99. The molecular weight excluding hydrogens is 328 g/mol. The maximum Gasteiger partial charge on any atom is 0.197 e. The summed E-state index contributed by atoms with van der Waals surface area (Å²) in [6, 6.07) is 1.48. The Morgan fingerprint density at radius 3 is 2.47 bits per heavy atom. The van der Waals surface area contributed by atoms with Gasteiger partial charge in [0.1, 0.15) is 28.1 Å². The molecular formula is C8H6BrClN6S. The molecule has 6 nitrogen and oxygen atoms in total. The Bertz CT molecular complexity index is 545. The van der Waals surface area contributed by atoms with Crippen LogP contribution in [0.25, 0.3) is 0 Å². The molecule has 0 saturated carbocycles. The van der Waals surface area contributed by atoms with Gasteiger partial charge in [0.25, 0.3) is 0 Å². The zero-order valence-corrected chi connectivity index (χ0v) is 11.4. The Morgan fingerprint density at radius 2 is 1.82 bits per heavy atom. The molecule has 9 heteroatoms. The first-order chi connectivity index (χ1) is 8.06. The van der Waals surface area contributed by atoms with E-state index in [0.29, 0.717) is 31.4 Å². The van der Waals surface area contributed by atoms with E-state index in [0.717, 1.165) is 0 Å². The number of nitrogen functional groups attached to an aromatic ring is 2. The summed E-state index contributed by atoms with van der Waals surface area (Å²) in [5.41, 5.74) is 11.1. The monoisotopic (exact) mass is 332 g/mol. The van der Waals surface area contributed by atoms with Crippen molar-refractivity contribution >= 4 is 50.9 Å². The van der Waals surface area contributed by atoms with E-state index in [1.54, 1.807) is 0 Å². The molecule has 0 bridgehead atoms. The number of nitrogens with zero attached hydrogens (tertiary/aromatic N) is 4. The van der Waals surface area contributed by atoms with E-state index in [2.05, 4.69) is 35.9 Å². The number of aromatic nitrogens is 4. The lowest BCUT2D eigenvalue weighted by Gasteiger charge is -2.04. The number of halogens is 2. The highest BCUT2D eigenvalue weighted by molar-refractivity contribution is 9.10. The second-order valence-electron chi connectivity index (χ2n) is 2.89. The predicted molar refractivity (Wildman–Crippen MR) is 69.7 cm³/mol. The van der Waals surface area contributed by atoms with Crippen LogP contribution in [0.5, 0.6) is 0 Å². The number of anilines is 2. The normalized spacial score (nSPS) is 10.5. The Labute approximate surface area is 114 Å². The zero-order valence-electron chi connectivity index (χ0n) is 8.26. The van der Waals surface area contributed by atoms with Gasteiger partial charge in [0.2, 0.25) is 0 Å². The standard InChI is InChI=1S/C8H6BrClN6S/c9-5-6(10)13-2-14-7(5)17-8-15-3(11)1-4(12)16-8/h1-2H,(H4,11,12,15,16). The molecule has 2 aromatic rings. The molecule has 0 aliphatic carbocycles. The summed E-state index contributed by atoms with van der Waals surface area (Å²) in [4.78, 5) is 15.9. The molecule has 2 aromatic heterocycles. The number of hydrogen-bond donors (Lipinski definition) is 2. The zero-order chi connectivity index (χ0) is 12.4. The predicted octanol–water partition coefficient (Wildman–Crippen LogP) is 2.00. The van der Waals surface area contributed by atoms with Crippen molar-refractivity contribution in [1.29, 1.82) is 0 Å². The molecule has 0 aliphatic rings. The molecule has 0 fully saturated rings. The highest BCUT2D eigenvalue weighted by atomic mass is 79.9. The van der Waals surface area contributed by atoms with Crippen molar-refractivity contribution in [2.45, 2.75) is 10.2 Å². The average Bonchev–Trinajstić information content (AvgIpc) is 2.23. The second kappa shape index (κ2) is 5.03. The van der Waals surface area contributed by atoms with E-state index >= 15 is 0 Å². The molecule has 0 spiro atoms. The van der Waals surface area contributed by atoms with E-state index in [1.807, 2.05) is 0 Å². The highest BCUT2D eigenvalue weighted by Crippen LogP contribution is 2.33. The fourth-order valence-electron chi connectivity index (χ4n) is 0.999. The summed E-state index contributed by atoms with van der Waals surface area (Å²) in [7, 11) is 0. The van der Waals surface area contributed by atoms with Gasteiger partial charge in [0.15, 0.2) is 5.16 Å². The van der Waals surface area contributed by atoms with Crippen molar-refractivity contribution in [3.05, 3.63) is 22.0 Å². The van der Waals surface area contributed by atoms with Crippen LogP contribution in [0.4, 0.5) is 11.6 Å². The SMILES string of the molecule is Nc1cc(N)nc(Sc2ncnc(Cl)c2Br)n1. The van der Waals surface area contributed by atoms with Gasteiger partial charge in [-0.25, -0.2) is 19.9 Å². The molecule has 0 unspecified atom stereocenters. The average molecular weight is 334 g/mol. The van der Waals surface area contributed by atoms with Crippen LogP contribution in [-0.4, -0.2) is 19.9 Å².